The second kappa shape index (κ2) is 5.36. The van der Waals surface area contributed by atoms with Crippen LogP contribution in [0.4, 0.5) is 0 Å². The van der Waals surface area contributed by atoms with E-state index in [1.807, 2.05) is 12.1 Å². The molecule has 0 saturated heterocycles. The minimum absolute atomic E-state index is 0.445. The van der Waals surface area contributed by atoms with Gasteiger partial charge in [0.2, 0.25) is 5.88 Å². The molecule has 0 amide bonds. The fraction of sp³-hybridized carbons (Fsp3) is 0.250. The van der Waals surface area contributed by atoms with Gasteiger partial charge in [-0.05, 0) is 11.6 Å². The van der Waals surface area contributed by atoms with Gasteiger partial charge in [0.1, 0.15) is 12.4 Å². The van der Waals surface area contributed by atoms with Crippen LogP contribution in [0.3, 0.4) is 0 Å². The first kappa shape index (κ1) is 11.5. The molecular formula is C12H13N3O2. The van der Waals surface area contributed by atoms with Crippen molar-refractivity contribution in [1.82, 2.24) is 15.0 Å². The number of pyridine rings is 1. The average Bonchev–Trinajstić information content (AvgIpc) is 2.40. The van der Waals surface area contributed by atoms with E-state index in [0.717, 1.165) is 5.56 Å². The minimum Gasteiger partial charge on any atom is -0.481 e. The van der Waals surface area contributed by atoms with Crippen LogP contribution < -0.4 is 4.74 Å². The molecule has 2 aromatic heterocycles. The molecule has 1 unspecified atom stereocenters. The van der Waals surface area contributed by atoms with Crippen LogP contribution in [0.5, 0.6) is 5.88 Å². The zero-order chi connectivity index (χ0) is 12.1. The Labute approximate surface area is 99.2 Å². The molecule has 0 spiro atoms. The molecule has 17 heavy (non-hydrogen) atoms. The van der Waals surface area contributed by atoms with Gasteiger partial charge in [-0.25, -0.2) is 9.97 Å². The Morgan fingerprint density at radius 3 is 3.00 bits per heavy atom. The van der Waals surface area contributed by atoms with Crippen molar-refractivity contribution < 1.29 is 9.84 Å². The molecule has 0 saturated carbocycles. The van der Waals surface area contributed by atoms with Crippen molar-refractivity contribution in [2.45, 2.75) is 12.5 Å². The Bertz CT molecular complexity index is 476. The maximum absolute atomic E-state index is 10.0. The predicted molar refractivity (Wildman–Crippen MR) is 61.5 cm³/mol. The first-order valence-electron chi connectivity index (χ1n) is 5.22. The number of hydrogen-bond donors (Lipinski definition) is 1. The van der Waals surface area contributed by atoms with E-state index in [-0.39, 0.29) is 0 Å². The number of ether oxygens (including phenoxy) is 1. The molecule has 1 atom stereocenters. The van der Waals surface area contributed by atoms with Gasteiger partial charge >= 0.3 is 0 Å². The zero-order valence-electron chi connectivity index (χ0n) is 9.45. The number of aliphatic hydroxyl groups excluding tert-OH is 1. The van der Waals surface area contributed by atoms with Crippen LogP contribution >= 0.6 is 0 Å². The van der Waals surface area contributed by atoms with Crippen molar-refractivity contribution >= 4 is 0 Å². The van der Waals surface area contributed by atoms with Gasteiger partial charge in [-0.1, -0.05) is 6.07 Å². The van der Waals surface area contributed by atoms with E-state index in [9.17, 15) is 5.11 Å². The van der Waals surface area contributed by atoms with Crippen LogP contribution in [0.25, 0.3) is 0 Å². The third-order valence-electron chi connectivity index (χ3n) is 2.37. The molecule has 0 radical (unpaired) electrons. The van der Waals surface area contributed by atoms with E-state index in [2.05, 4.69) is 15.0 Å². The van der Waals surface area contributed by atoms with Crippen molar-refractivity contribution in [2.75, 3.05) is 7.11 Å². The van der Waals surface area contributed by atoms with E-state index in [0.29, 0.717) is 18.0 Å². The quantitative estimate of drug-likeness (QED) is 0.855. The van der Waals surface area contributed by atoms with Crippen molar-refractivity contribution in [3.63, 3.8) is 0 Å². The van der Waals surface area contributed by atoms with Gasteiger partial charge < -0.3 is 9.84 Å². The summed E-state index contributed by atoms with van der Waals surface area (Å²) in [5, 5.41) is 10.0. The lowest BCUT2D eigenvalue weighted by atomic mass is 10.1. The summed E-state index contributed by atoms with van der Waals surface area (Å²) in [6, 6.07) is 5.37. The maximum atomic E-state index is 10.0. The van der Waals surface area contributed by atoms with Gasteiger partial charge in [-0.3, -0.25) is 4.98 Å². The third kappa shape index (κ3) is 2.98. The van der Waals surface area contributed by atoms with Gasteiger partial charge in [0, 0.05) is 24.9 Å². The number of hydrogen-bond acceptors (Lipinski definition) is 5. The summed E-state index contributed by atoms with van der Waals surface area (Å²) in [5.74, 6) is 0.445. The van der Waals surface area contributed by atoms with E-state index in [1.54, 1.807) is 18.5 Å². The van der Waals surface area contributed by atoms with Crippen molar-refractivity contribution in [3.8, 4) is 5.88 Å². The van der Waals surface area contributed by atoms with Crippen LogP contribution in [-0.2, 0) is 6.42 Å². The maximum Gasteiger partial charge on any atom is 0.216 e. The monoisotopic (exact) mass is 231 g/mol. The van der Waals surface area contributed by atoms with Crippen molar-refractivity contribution in [3.05, 3.63) is 48.2 Å². The first-order valence-corrected chi connectivity index (χ1v) is 5.22. The van der Waals surface area contributed by atoms with E-state index < -0.39 is 6.10 Å². The highest BCUT2D eigenvalue weighted by Gasteiger charge is 2.11. The van der Waals surface area contributed by atoms with Gasteiger partial charge in [0.15, 0.2) is 0 Å². The number of nitrogens with zero attached hydrogens (tertiary/aromatic N) is 3. The second-order valence-corrected chi connectivity index (χ2v) is 3.57. The summed E-state index contributed by atoms with van der Waals surface area (Å²) in [7, 11) is 1.53. The van der Waals surface area contributed by atoms with Crippen molar-refractivity contribution in [2.24, 2.45) is 0 Å². The molecule has 2 aromatic rings. The lowest BCUT2D eigenvalue weighted by Gasteiger charge is -2.10. The molecule has 88 valence electrons. The van der Waals surface area contributed by atoms with Gasteiger partial charge in [-0.2, -0.15) is 0 Å². The molecule has 0 bridgehead atoms. The molecule has 2 heterocycles. The van der Waals surface area contributed by atoms with E-state index in [4.69, 9.17) is 4.74 Å². The largest absolute Gasteiger partial charge is 0.481 e. The number of rotatable bonds is 4. The van der Waals surface area contributed by atoms with Crippen LogP contribution in [0.1, 0.15) is 17.4 Å². The molecule has 2 rings (SSSR count). The highest BCUT2D eigenvalue weighted by atomic mass is 16.5. The summed E-state index contributed by atoms with van der Waals surface area (Å²) < 4.78 is 4.98. The van der Waals surface area contributed by atoms with Gasteiger partial charge in [0.05, 0.1) is 12.8 Å². The Morgan fingerprint density at radius 2 is 2.29 bits per heavy atom. The topological polar surface area (TPSA) is 68.1 Å². The smallest absolute Gasteiger partial charge is 0.216 e. The fourth-order valence-corrected chi connectivity index (χ4v) is 1.49. The highest BCUT2D eigenvalue weighted by molar-refractivity contribution is 5.18. The van der Waals surface area contributed by atoms with Crippen LogP contribution in [0.2, 0.25) is 0 Å². The standard InChI is InChI=1S/C12H13N3O2/c1-17-12-6-10(14-8-15-12)11(16)5-9-3-2-4-13-7-9/h2-4,6-8,11,16H,5H2,1H3. The summed E-state index contributed by atoms with van der Waals surface area (Å²) in [6.07, 6.45) is 4.58. The number of aliphatic hydroxyl groups is 1. The second-order valence-electron chi connectivity index (χ2n) is 3.57. The normalized spacial score (nSPS) is 12.1. The first-order chi connectivity index (χ1) is 8.29. The molecule has 0 aliphatic rings. The van der Waals surface area contributed by atoms with E-state index >= 15 is 0 Å². The third-order valence-corrected chi connectivity index (χ3v) is 2.37. The average molecular weight is 231 g/mol. The fourth-order valence-electron chi connectivity index (χ4n) is 1.49. The van der Waals surface area contributed by atoms with E-state index in [1.165, 1.54) is 13.4 Å². The van der Waals surface area contributed by atoms with Crippen LogP contribution in [0, 0.1) is 0 Å². The lowest BCUT2D eigenvalue weighted by Crippen LogP contribution is -2.05. The summed E-state index contributed by atoms with van der Waals surface area (Å²) >= 11 is 0. The Balaban J connectivity index is 2.11. The Morgan fingerprint density at radius 1 is 1.41 bits per heavy atom. The molecule has 5 nitrogen and oxygen atoms in total. The van der Waals surface area contributed by atoms with Crippen LogP contribution in [0.15, 0.2) is 36.9 Å². The van der Waals surface area contributed by atoms with Crippen molar-refractivity contribution in [1.29, 1.82) is 0 Å². The number of aromatic nitrogens is 3. The lowest BCUT2D eigenvalue weighted by molar-refractivity contribution is 0.172. The van der Waals surface area contributed by atoms with Gasteiger partial charge in [-0.15, -0.1) is 0 Å². The molecular weight excluding hydrogens is 218 g/mol. The minimum atomic E-state index is -0.684. The predicted octanol–water partition coefficient (Wildman–Crippen LogP) is 1.16. The summed E-state index contributed by atoms with van der Waals surface area (Å²) in [5.41, 5.74) is 1.50. The molecule has 0 aliphatic heterocycles. The Kier molecular flexibility index (Phi) is 3.62. The summed E-state index contributed by atoms with van der Waals surface area (Å²) in [6.45, 7) is 0. The SMILES string of the molecule is COc1cc(C(O)Cc2cccnc2)ncn1. The summed E-state index contributed by atoms with van der Waals surface area (Å²) in [4.78, 5) is 11.9. The molecule has 0 fully saturated rings. The van der Waals surface area contributed by atoms with Gasteiger partial charge in [0.25, 0.3) is 0 Å². The number of methoxy groups -OCH3 is 1. The Hall–Kier alpha value is -2.01. The zero-order valence-corrected chi connectivity index (χ0v) is 9.45. The molecule has 5 heteroatoms. The molecule has 0 aromatic carbocycles. The highest BCUT2D eigenvalue weighted by Crippen LogP contribution is 2.18. The molecule has 1 N–H and O–H groups in total. The molecule has 0 aliphatic carbocycles. The van der Waals surface area contributed by atoms with Crippen LogP contribution in [-0.4, -0.2) is 27.2 Å².